The van der Waals surface area contributed by atoms with E-state index in [2.05, 4.69) is 20.9 Å². The van der Waals surface area contributed by atoms with Gasteiger partial charge in [-0.3, -0.25) is 4.79 Å². The van der Waals surface area contributed by atoms with E-state index < -0.39 is 5.41 Å². The maximum absolute atomic E-state index is 12.4. The molecule has 0 spiro atoms. The Bertz CT molecular complexity index is 686. The molecular formula is C17H20N4O. The van der Waals surface area contributed by atoms with Gasteiger partial charge in [0.25, 0.3) is 0 Å². The van der Waals surface area contributed by atoms with Crippen molar-refractivity contribution < 1.29 is 4.79 Å². The third-order valence-electron chi connectivity index (χ3n) is 5.03. The van der Waals surface area contributed by atoms with Crippen LogP contribution in [0.15, 0.2) is 24.0 Å². The Kier molecular flexibility index (Phi) is 3.48. The summed E-state index contributed by atoms with van der Waals surface area (Å²) in [6.45, 7) is 7.57. The lowest BCUT2D eigenvalue weighted by atomic mass is 9.61. The Labute approximate surface area is 130 Å². The van der Waals surface area contributed by atoms with Crippen LogP contribution in [-0.4, -0.2) is 28.8 Å². The molecule has 5 nitrogen and oxygen atoms in total. The number of rotatable bonds is 1. The van der Waals surface area contributed by atoms with Crippen LogP contribution in [0.3, 0.4) is 0 Å². The second kappa shape index (κ2) is 5.20. The molecule has 114 valence electrons. The van der Waals surface area contributed by atoms with Gasteiger partial charge < -0.3 is 4.90 Å². The summed E-state index contributed by atoms with van der Waals surface area (Å²) >= 11 is 0. The summed E-state index contributed by atoms with van der Waals surface area (Å²) in [6, 6.07) is 4.05. The number of hydrogen-bond donors (Lipinski definition) is 0. The molecule has 0 aromatic carbocycles. The van der Waals surface area contributed by atoms with Gasteiger partial charge in [0.2, 0.25) is 0 Å². The molecule has 1 aliphatic carbocycles. The molecule has 1 saturated heterocycles. The third kappa shape index (κ3) is 2.29. The number of Topliss-reactive ketones (excluding diaryl/α,β-unsaturated/α-hetero) is 1. The molecule has 0 radical (unpaired) electrons. The molecule has 22 heavy (non-hydrogen) atoms. The van der Waals surface area contributed by atoms with Gasteiger partial charge in [-0.05, 0) is 25.2 Å². The van der Waals surface area contributed by atoms with Crippen molar-refractivity contribution >= 4 is 11.6 Å². The summed E-state index contributed by atoms with van der Waals surface area (Å²) in [5.74, 6) is 1.41. The first-order valence-corrected chi connectivity index (χ1v) is 7.64. The van der Waals surface area contributed by atoms with Crippen LogP contribution in [0.2, 0.25) is 0 Å². The highest BCUT2D eigenvalue weighted by atomic mass is 16.1. The van der Waals surface area contributed by atoms with E-state index in [1.807, 2.05) is 32.9 Å². The Morgan fingerprint density at radius 2 is 2.18 bits per heavy atom. The highest BCUT2D eigenvalue weighted by molar-refractivity contribution is 6.03. The molecule has 3 rings (SSSR count). The highest BCUT2D eigenvalue weighted by Crippen LogP contribution is 2.45. The summed E-state index contributed by atoms with van der Waals surface area (Å²) in [7, 11) is 0. The number of hydrogen-bond acceptors (Lipinski definition) is 5. The molecule has 1 aromatic rings. The molecule has 1 aliphatic heterocycles. The third-order valence-corrected chi connectivity index (χ3v) is 5.03. The van der Waals surface area contributed by atoms with Gasteiger partial charge in [0.05, 0.1) is 5.57 Å². The average molecular weight is 296 g/mol. The molecule has 2 heterocycles. The van der Waals surface area contributed by atoms with E-state index in [1.165, 1.54) is 0 Å². The van der Waals surface area contributed by atoms with Crippen molar-refractivity contribution in [2.24, 2.45) is 17.3 Å². The number of fused-ring (bicyclic) bond motifs is 1. The zero-order valence-corrected chi connectivity index (χ0v) is 13.2. The quantitative estimate of drug-likeness (QED) is 0.795. The van der Waals surface area contributed by atoms with Crippen molar-refractivity contribution in [3.63, 3.8) is 0 Å². The number of aromatic nitrogens is 2. The minimum atomic E-state index is -0.460. The molecule has 1 fully saturated rings. The van der Waals surface area contributed by atoms with Gasteiger partial charge in [-0.2, -0.15) is 5.26 Å². The van der Waals surface area contributed by atoms with Crippen LogP contribution in [0.1, 0.15) is 26.0 Å². The van der Waals surface area contributed by atoms with Crippen LogP contribution in [0.25, 0.3) is 0 Å². The maximum Gasteiger partial charge on any atom is 0.178 e. The molecule has 2 unspecified atom stereocenters. The largest absolute Gasteiger partial charge is 0.356 e. The van der Waals surface area contributed by atoms with Crippen molar-refractivity contribution in [3.8, 4) is 6.07 Å². The topological polar surface area (TPSA) is 69.9 Å². The van der Waals surface area contributed by atoms with Crippen molar-refractivity contribution in [2.75, 3.05) is 18.0 Å². The maximum atomic E-state index is 12.4. The number of carbonyl (C=O) groups is 1. The fraction of sp³-hybridized carbons (Fsp3) is 0.529. The van der Waals surface area contributed by atoms with Crippen LogP contribution in [0, 0.1) is 35.5 Å². The summed E-state index contributed by atoms with van der Waals surface area (Å²) in [5.41, 5.74) is 0.796. The van der Waals surface area contributed by atoms with Crippen molar-refractivity contribution in [3.05, 3.63) is 29.7 Å². The smallest absolute Gasteiger partial charge is 0.178 e. The highest BCUT2D eigenvalue weighted by Gasteiger charge is 2.47. The Morgan fingerprint density at radius 3 is 2.86 bits per heavy atom. The second-order valence-electron chi connectivity index (χ2n) is 6.77. The van der Waals surface area contributed by atoms with Gasteiger partial charge in [0.1, 0.15) is 18.2 Å². The monoisotopic (exact) mass is 296 g/mol. The minimum absolute atomic E-state index is 0.0115. The molecule has 0 amide bonds. The molecule has 1 aromatic heterocycles. The number of nitriles is 1. The molecule has 0 saturated carbocycles. The van der Waals surface area contributed by atoms with Crippen LogP contribution >= 0.6 is 0 Å². The second-order valence-corrected chi connectivity index (χ2v) is 6.77. The van der Waals surface area contributed by atoms with E-state index in [0.717, 1.165) is 31.0 Å². The molecule has 2 aliphatic rings. The lowest BCUT2D eigenvalue weighted by Gasteiger charge is -2.47. The predicted octanol–water partition coefficient (Wildman–Crippen LogP) is 2.29. The van der Waals surface area contributed by atoms with E-state index in [9.17, 15) is 10.1 Å². The lowest BCUT2D eigenvalue weighted by Crippen LogP contribution is -2.50. The zero-order chi connectivity index (χ0) is 15.9. The summed E-state index contributed by atoms with van der Waals surface area (Å²) in [6.07, 6.45) is 4.39. The Hall–Kier alpha value is -2.22. The molecule has 5 heteroatoms. The zero-order valence-electron chi connectivity index (χ0n) is 13.2. The Morgan fingerprint density at radius 1 is 1.41 bits per heavy atom. The first-order chi connectivity index (χ1) is 10.4. The van der Waals surface area contributed by atoms with Gasteiger partial charge >= 0.3 is 0 Å². The fourth-order valence-corrected chi connectivity index (χ4v) is 3.76. The van der Waals surface area contributed by atoms with E-state index >= 15 is 0 Å². The van der Waals surface area contributed by atoms with E-state index in [0.29, 0.717) is 5.57 Å². The van der Waals surface area contributed by atoms with Crippen LogP contribution in [-0.2, 0) is 4.79 Å². The van der Waals surface area contributed by atoms with E-state index in [-0.39, 0.29) is 17.6 Å². The number of allylic oxidation sites excluding steroid dienone is 1. The normalized spacial score (nSPS) is 26.9. The number of ketones is 1. The Balaban J connectivity index is 1.91. The number of piperidine rings is 1. The van der Waals surface area contributed by atoms with Crippen LogP contribution < -0.4 is 4.90 Å². The minimum Gasteiger partial charge on any atom is -0.356 e. The van der Waals surface area contributed by atoms with Crippen LogP contribution in [0.4, 0.5) is 5.82 Å². The van der Waals surface area contributed by atoms with Gasteiger partial charge in [0.15, 0.2) is 5.78 Å². The SMILES string of the molecule is Cc1cc(N2CCC3C(C=C(C#N)C(=O)C3(C)C)C2)ncn1. The van der Waals surface area contributed by atoms with Crippen LogP contribution in [0.5, 0.6) is 0 Å². The number of anilines is 1. The molecule has 2 atom stereocenters. The van der Waals surface area contributed by atoms with Gasteiger partial charge in [0, 0.05) is 30.3 Å². The first kappa shape index (κ1) is 14.7. The fourth-order valence-electron chi connectivity index (χ4n) is 3.76. The standard InChI is InChI=1S/C17H20N4O/c1-11-6-15(20-10-19-11)21-5-4-14-13(9-21)7-12(8-18)16(22)17(14,2)3/h6-7,10,13-14H,4-5,9H2,1-3H3. The molecule has 0 bridgehead atoms. The van der Waals surface area contributed by atoms with Crippen molar-refractivity contribution in [2.45, 2.75) is 27.2 Å². The molecule has 0 N–H and O–H groups in total. The molecular weight excluding hydrogens is 276 g/mol. The first-order valence-electron chi connectivity index (χ1n) is 7.64. The number of nitrogens with zero attached hydrogens (tertiary/aromatic N) is 4. The summed E-state index contributed by atoms with van der Waals surface area (Å²) in [5, 5.41) is 9.23. The summed E-state index contributed by atoms with van der Waals surface area (Å²) < 4.78 is 0. The van der Waals surface area contributed by atoms with Crippen molar-refractivity contribution in [1.82, 2.24) is 9.97 Å². The lowest BCUT2D eigenvalue weighted by molar-refractivity contribution is -0.127. The van der Waals surface area contributed by atoms with E-state index in [4.69, 9.17) is 0 Å². The van der Waals surface area contributed by atoms with Gasteiger partial charge in [-0.1, -0.05) is 19.9 Å². The van der Waals surface area contributed by atoms with Gasteiger partial charge in [-0.25, -0.2) is 9.97 Å². The number of carbonyl (C=O) groups excluding carboxylic acids is 1. The average Bonchev–Trinajstić information content (AvgIpc) is 2.50. The van der Waals surface area contributed by atoms with Crippen molar-refractivity contribution in [1.29, 1.82) is 5.26 Å². The number of aryl methyl sites for hydroxylation is 1. The van der Waals surface area contributed by atoms with Gasteiger partial charge in [-0.15, -0.1) is 0 Å². The van der Waals surface area contributed by atoms with E-state index in [1.54, 1.807) is 6.33 Å². The summed E-state index contributed by atoms with van der Waals surface area (Å²) in [4.78, 5) is 23.1. The predicted molar refractivity (Wildman–Crippen MR) is 83.1 cm³/mol.